The first-order chi connectivity index (χ1) is 8.94. The first kappa shape index (κ1) is 13.5. The van der Waals surface area contributed by atoms with Crippen LogP contribution in [0.25, 0.3) is 0 Å². The van der Waals surface area contributed by atoms with Crippen molar-refractivity contribution in [3.63, 3.8) is 0 Å². The van der Waals surface area contributed by atoms with Crippen molar-refractivity contribution in [2.45, 2.75) is 39.2 Å². The van der Waals surface area contributed by atoms with Crippen molar-refractivity contribution in [1.82, 2.24) is 9.97 Å². The summed E-state index contributed by atoms with van der Waals surface area (Å²) in [5.41, 5.74) is -0.279. The van der Waals surface area contributed by atoms with Crippen LogP contribution in [0, 0.1) is 16.0 Å². The zero-order valence-electron chi connectivity index (χ0n) is 11.4. The van der Waals surface area contributed by atoms with Gasteiger partial charge in [0.2, 0.25) is 11.8 Å². The van der Waals surface area contributed by atoms with E-state index in [9.17, 15) is 10.1 Å². The zero-order valence-corrected chi connectivity index (χ0v) is 11.4. The Kier molecular flexibility index (Phi) is 3.55. The summed E-state index contributed by atoms with van der Waals surface area (Å²) in [6.07, 6.45) is 3.55. The molecule has 0 radical (unpaired) electrons. The van der Waals surface area contributed by atoms with Crippen LogP contribution in [0.4, 0.5) is 17.5 Å². The first-order valence-electron chi connectivity index (χ1n) is 6.47. The smallest absolute Gasteiger partial charge is 0.329 e. The maximum Gasteiger partial charge on any atom is 0.329 e. The monoisotopic (exact) mass is 265 g/mol. The molecule has 0 aliphatic heterocycles. The quantitative estimate of drug-likeness (QED) is 0.606. The van der Waals surface area contributed by atoms with Gasteiger partial charge in [0.15, 0.2) is 0 Å². The van der Waals surface area contributed by atoms with E-state index in [1.165, 1.54) is 6.20 Å². The fraction of sp³-hybridized carbons (Fsp3) is 0.667. The summed E-state index contributed by atoms with van der Waals surface area (Å²) in [5, 5.41) is 17.2. The van der Waals surface area contributed by atoms with Gasteiger partial charge in [0, 0.05) is 12.1 Å². The lowest BCUT2D eigenvalue weighted by Gasteiger charge is -2.26. The lowest BCUT2D eigenvalue weighted by Crippen LogP contribution is -2.34. The van der Waals surface area contributed by atoms with Crippen LogP contribution in [0.3, 0.4) is 0 Å². The molecule has 1 aliphatic carbocycles. The molecule has 0 bridgehead atoms. The second-order valence-electron chi connectivity index (χ2n) is 5.34. The second kappa shape index (κ2) is 4.99. The summed E-state index contributed by atoms with van der Waals surface area (Å²) < 4.78 is 0. The van der Waals surface area contributed by atoms with E-state index in [2.05, 4.69) is 20.6 Å². The highest BCUT2D eigenvalue weighted by atomic mass is 16.6. The van der Waals surface area contributed by atoms with Gasteiger partial charge < -0.3 is 10.6 Å². The minimum Gasteiger partial charge on any atom is -0.359 e. The molecule has 0 atom stereocenters. The van der Waals surface area contributed by atoms with Crippen LogP contribution < -0.4 is 10.6 Å². The number of anilines is 2. The van der Waals surface area contributed by atoms with E-state index in [0.29, 0.717) is 18.4 Å². The molecule has 19 heavy (non-hydrogen) atoms. The molecule has 7 nitrogen and oxygen atoms in total. The van der Waals surface area contributed by atoms with Crippen LogP contribution in [0.15, 0.2) is 6.20 Å². The summed E-state index contributed by atoms with van der Waals surface area (Å²) in [7, 11) is 0. The Morgan fingerprint density at radius 3 is 2.74 bits per heavy atom. The molecule has 1 fully saturated rings. The minimum absolute atomic E-state index is 0.0876. The molecule has 0 saturated heterocycles. The molecule has 0 spiro atoms. The molecule has 2 rings (SSSR count). The Morgan fingerprint density at radius 2 is 2.21 bits per heavy atom. The minimum atomic E-state index is -0.457. The molecule has 1 aromatic rings. The molecule has 1 saturated carbocycles. The first-order valence-corrected chi connectivity index (χ1v) is 6.47. The van der Waals surface area contributed by atoms with Gasteiger partial charge in [-0.1, -0.05) is 0 Å². The van der Waals surface area contributed by atoms with E-state index in [1.807, 2.05) is 20.8 Å². The molecule has 7 heteroatoms. The number of nitrogens with zero attached hydrogens (tertiary/aromatic N) is 3. The third kappa shape index (κ3) is 3.10. The second-order valence-corrected chi connectivity index (χ2v) is 5.34. The van der Waals surface area contributed by atoms with Crippen LogP contribution in [0.1, 0.15) is 33.6 Å². The van der Waals surface area contributed by atoms with Gasteiger partial charge in [0.25, 0.3) is 0 Å². The molecule has 1 aromatic heterocycles. The molecular formula is C12H19N5O2. The number of hydrogen-bond acceptors (Lipinski definition) is 6. The third-order valence-electron chi connectivity index (χ3n) is 3.34. The number of nitro groups is 1. The van der Waals surface area contributed by atoms with Crippen LogP contribution in [0.2, 0.25) is 0 Å². The molecule has 1 heterocycles. The number of hydrogen-bond donors (Lipinski definition) is 2. The fourth-order valence-electron chi connectivity index (χ4n) is 2.06. The van der Waals surface area contributed by atoms with Crippen LogP contribution >= 0.6 is 0 Å². The van der Waals surface area contributed by atoms with Gasteiger partial charge in [0.05, 0.1) is 4.92 Å². The van der Waals surface area contributed by atoms with Gasteiger partial charge in [-0.2, -0.15) is 4.98 Å². The predicted molar refractivity (Wildman–Crippen MR) is 73.3 cm³/mol. The van der Waals surface area contributed by atoms with E-state index in [0.717, 1.165) is 12.8 Å². The van der Waals surface area contributed by atoms with E-state index in [-0.39, 0.29) is 17.0 Å². The topological polar surface area (TPSA) is 93.0 Å². The zero-order chi connectivity index (χ0) is 14.0. The predicted octanol–water partition coefficient (Wildman–Crippen LogP) is 2.42. The Bertz CT molecular complexity index is 485. The van der Waals surface area contributed by atoms with Crippen LogP contribution in [-0.4, -0.2) is 27.0 Å². The summed E-state index contributed by atoms with van der Waals surface area (Å²) >= 11 is 0. The molecule has 104 valence electrons. The van der Waals surface area contributed by atoms with Crippen molar-refractivity contribution in [2.75, 3.05) is 17.2 Å². The van der Waals surface area contributed by atoms with Crippen LogP contribution in [-0.2, 0) is 0 Å². The van der Waals surface area contributed by atoms with Gasteiger partial charge in [-0.05, 0) is 39.5 Å². The van der Waals surface area contributed by atoms with Crippen molar-refractivity contribution >= 4 is 17.5 Å². The fourth-order valence-corrected chi connectivity index (χ4v) is 2.06. The van der Waals surface area contributed by atoms with Crippen molar-refractivity contribution in [2.24, 2.45) is 5.92 Å². The molecule has 0 aromatic carbocycles. The summed E-state index contributed by atoms with van der Waals surface area (Å²) in [5.74, 6) is 1.24. The van der Waals surface area contributed by atoms with Gasteiger partial charge in [0.1, 0.15) is 6.20 Å². The standard InChI is InChI=1S/C12H19N5O2/c1-4-13-11-14-7-9(17(18)19)10(15-11)16-12(2,3)8-5-6-8/h7-8H,4-6H2,1-3H3,(H2,13,14,15,16). The van der Waals surface area contributed by atoms with E-state index in [1.54, 1.807) is 0 Å². The molecule has 1 aliphatic rings. The summed E-state index contributed by atoms with van der Waals surface area (Å²) in [4.78, 5) is 18.7. The van der Waals surface area contributed by atoms with Crippen molar-refractivity contribution in [3.05, 3.63) is 16.3 Å². The average molecular weight is 265 g/mol. The van der Waals surface area contributed by atoms with E-state index < -0.39 is 4.92 Å². The highest BCUT2D eigenvalue weighted by molar-refractivity contribution is 5.58. The Labute approximate surface area is 112 Å². The van der Waals surface area contributed by atoms with E-state index in [4.69, 9.17) is 0 Å². The lowest BCUT2D eigenvalue weighted by molar-refractivity contribution is -0.384. The molecule has 2 N–H and O–H groups in total. The molecule has 0 amide bonds. The lowest BCUT2D eigenvalue weighted by atomic mass is 9.99. The average Bonchev–Trinajstić information content (AvgIpc) is 3.12. The van der Waals surface area contributed by atoms with Crippen molar-refractivity contribution in [3.8, 4) is 0 Å². The van der Waals surface area contributed by atoms with Gasteiger partial charge in [-0.15, -0.1) is 0 Å². The molecule has 0 unspecified atom stereocenters. The summed E-state index contributed by atoms with van der Waals surface area (Å²) in [6, 6.07) is 0. The number of nitrogens with one attached hydrogen (secondary N) is 2. The van der Waals surface area contributed by atoms with Gasteiger partial charge >= 0.3 is 5.69 Å². The van der Waals surface area contributed by atoms with Gasteiger partial charge in [-0.3, -0.25) is 10.1 Å². The van der Waals surface area contributed by atoms with Crippen molar-refractivity contribution < 1.29 is 4.92 Å². The largest absolute Gasteiger partial charge is 0.359 e. The summed E-state index contributed by atoms with van der Waals surface area (Å²) in [6.45, 7) is 6.68. The normalized spacial score (nSPS) is 15.1. The van der Waals surface area contributed by atoms with Gasteiger partial charge in [-0.25, -0.2) is 4.98 Å². The highest BCUT2D eigenvalue weighted by Crippen LogP contribution is 2.41. The SMILES string of the molecule is CCNc1ncc([N+](=O)[O-])c(NC(C)(C)C2CC2)n1. The Hall–Kier alpha value is -1.92. The number of rotatable bonds is 6. The highest BCUT2D eigenvalue weighted by Gasteiger charge is 2.39. The maximum absolute atomic E-state index is 11.0. The Balaban J connectivity index is 2.28. The Morgan fingerprint density at radius 1 is 1.53 bits per heavy atom. The van der Waals surface area contributed by atoms with Crippen LogP contribution in [0.5, 0.6) is 0 Å². The number of aromatic nitrogens is 2. The molecular weight excluding hydrogens is 246 g/mol. The maximum atomic E-state index is 11.0. The third-order valence-corrected chi connectivity index (χ3v) is 3.34. The van der Waals surface area contributed by atoms with E-state index >= 15 is 0 Å². The van der Waals surface area contributed by atoms with Crippen molar-refractivity contribution in [1.29, 1.82) is 0 Å².